The lowest BCUT2D eigenvalue weighted by atomic mass is 10.2. The molecule has 0 bridgehead atoms. The summed E-state index contributed by atoms with van der Waals surface area (Å²) < 4.78 is 5.39. The normalized spacial score (nSPS) is 10.5. The maximum Gasteiger partial charge on any atom is 0.195 e. The SMILES string of the molecule is C=CCOc1ccc(C=CC(=O)c2cccs2)cc1. The molecule has 0 radical (unpaired) electrons. The van der Waals surface area contributed by atoms with Crippen LogP contribution in [0.1, 0.15) is 15.2 Å². The number of ether oxygens (including phenoxy) is 1. The fourth-order valence-electron chi connectivity index (χ4n) is 1.50. The molecule has 2 aromatic rings. The Balaban J connectivity index is 1.99. The fraction of sp³-hybridized carbons (Fsp3) is 0.0625. The second kappa shape index (κ2) is 6.71. The summed E-state index contributed by atoms with van der Waals surface area (Å²) in [5.74, 6) is 0.823. The van der Waals surface area contributed by atoms with E-state index in [0.29, 0.717) is 6.61 Å². The lowest BCUT2D eigenvalue weighted by Gasteiger charge is -2.02. The van der Waals surface area contributed by atoms with E-state index in [1.54, 1.807) is 18.2 Å². The van der Waals surface area contributed by atoms with E-state index in [0.717, 1.165) is 16.2 Å². The molecule has 1 aromatic carbocycles. The van der Waals surface area contributed by atoms with Gasteiger partial charge >= 0.3 is 0 Å². The first kappa shape index (κ1) is 13.3. The maximum atomic E-state index is 11.8. The highest BCUT2D eigenvalue weighted by Crippen LogP contribution is 2.14. The van der Waals surface area contributed by atoms with E-state index in [9.17, 15) is 4.79 Å². The first-order valence-electron chi connectivity index (χ1n) is 5.89. The molecule has 0 spiro atoms. The van der Waals surface area contributed by atoms with Crippen LogP contribution in [0.25, 0.3) is 6.08 Å². The highest BCUT2D eigenvalue weighted by molar-refractivity contribution is 7.12. The van der Waals surface area contributed by atoms with Gasteiger partial charge in [-0.1, -0.05) is 36.9 Å². The molecule has 0 unspecified atom stereocenters. The van der Waals surface area contributed by atoms with Crippen LogP contribution in [0.5, 0.6) is 5.75 Å². The third kappa shape index (κ3) is 3.93. The first-order valence-corrected chi connectivity index (χ1v) is 6.77. The Morgan fingerprint density at radius 2 is 2.05 bits per heavy atom. The number of hydrogen-bond donors (Lipinski definition) is 0. The molecule has 1 aromatic heterocycles. The molecule has 1 heterocycles. The van der Waals surface area contributed by atoms with Gasteiger partial charge in [0.1, 0.15) is 12.4 Å². The molecular weight excluding hydrogens is 256 g/mol. The third-order valence-corrected chi connectivity index (χ3v) is 3.32. The van der Waals surface area contributed by atoms with Gasteiger partial charge in [0.2, 0.25) is 0 Å². The number of benzene rings is 1. The summed E-state index contributed by atoms with van der Waals surface area (Å²) in [4.78, 5) is 12.5. The van der Waals surface area contributed by atoms with E-state index in [-0.39, 0.29) is 5.78 Å². The fourth-order valence-corrected chi connectivity index (χ4v) is 2.15. The molecule has 0 fully saturated rings. The van der Waals surface area contributed by atoms with Crippen molar-refractivity contribution in [2.75, 3.05) is 6.61 Å². The van der Waals surface area contributed by atoms with Gasteiger partial charge in [0, 0.05) is 0 Å². The molecule has 3 heteroatoms. The van der Waals surface area contributed by atoms with E-state index in [1.807, 2.05) is 41.8 Å². The van der Waals surface area contributed by atoms with E-state index < -0.39 is 0 Å². The Bertz CT molecular complexity index is 565. The molecule has 0 aliphatic rings. The van der Waals surface area contributed by atoms with Crippen molar-refractivity contribution in [3.63, 3.8) is 0 Å². The molecule has 96 valence electrons. The minimum absolute atomic E-state index is 0.0296. The molecule has 2 nitrogen and oxygen atoms in total. The summed E-state index contributed by atoms with van der Waals surface area (Å²) in [6.45, 7) is 4.09. The smallest absolute Gasteiger partial charge is 0.195 e. The zero-order valence-electron chi connectivity index (χ0n) is 10.4. The van der Waals surface area contributed by atoms with E-state index >= 15 is 0 Å². The molecular formula is C16H14O2S. The number of carbonyl (C=O) groups is 1. The van der Waals surface area contributed by atoms with E-state index in [4.69, 9.17) is 4.74 Å². The van der Waals surface area contributed by atoms with Crippen molar-refractivity contribution in [1.29, 1.82) is 0 Å². The van der Waals surface area contributed by atoms with Gasteiger partial charge in [-0.05, 0) is 35.2 Å². The Hall–Kier alpha value is -2.13. The highest BCUT2D eigenvalue weighted by Gasteiger charge is 2.01. The van der Waals surface area contributed by atoms with Crippen molar-refractivity contribution in [2.45, 2.75) is 0 Å². The average molecular weight is 270 g/mol. The molecule has 0 N–H and O–H groups in total. The van der Waals surface area contributed by atoms with Gasteiger partial charge in [0.25, 0.3) is 0 Å². The Labute approximate surface area is 116 Å². The average Bonchev–Trinajstić information content (AvgIpc) is 2.98. The van der Waals surface area contributed by atoms with Crippen LogP contribution in [0, 0.1) is 0 Å². The lowest BCUT2D eigenvalue weighted by Crippen LogP contribution is -1.92. The quantitative estimate of drug-likeness (QED) is 0.446. The molecule has 0 aliphatic heterocycles. The summed E-state index contributed by atoms with van der Waals surface area (Å²) in [5, 5.41) is 1.90. The molecule has 0 amide bonds. The minimum Gasteiger partial charge on any atom is -0.490 e. The zero-order chi connectivity index (χ0) is 13.5. The number of ketones is 1. The van der Waals surface area contributed by atoms with E-state index in [2.05, 4.69) is 6.58 Å². The summed E-state index contributed by atoms with van der Waals surface area (Å²) >= 11 is 1.45. The van der Waals surface area contributed by atoms with Crippen LogP contribution in [-0.4, -0.2) is 12.4 Å². The number of rotatable bonds is 6. The second-order valence-corrected chi connectivity index (χ2v) is 4.79. The van der Waals surface area contributed by atoms with Gasteiger partial charge in [-0.3, -0.25) is 4.79 Å². The first-order chi connectivity index (χ1) is 9.29. The minimum atomic E-state index is 0.0296. The maximum absolute atomic E-state index is 11.8. The molecule has 0 saturated heterocycles. The second-order valence-electron chi connectivity index (χ2n) is 3.84. The van der Waals surface area contributed by atoms with Crippen molar-refractivity contribution in [3.8, 4) is 5.75 Å². The van der Waals surface area contributed by atoms with Crippen molar-refractivity contribution >= 4 is 23.2 Å². The standard InChI is InChI=1S/C16H14O2S/c1-2-11-18-14-8-5-13(6-9-14)7-10-15(17)16-4-3-12-19-16/h2-10,12H,1,11H2. The van der Waals surface area contributed by atoms with Crippen LogP contribution in [0.4, 0.5) is 0 Å². The topological polar surface area (TPSA) is 26.3 Å². The van der Waals surface area contributed by atoms with Crippen LogP contribution in [-0.2, 0) is 0 Å². The number of carbonyl (C=O) groups excluding carboxylic acids is 1. The molecule has 0 aliphatic carbocycles. The van der Waals surface area contributed by atoms with Crippen molar-refractivity contribution < 1.29 is 9.53 Å². The Kier molecular flexibility index (Phi) is 4.70. The van der Waals surface area contributed by atoms with Crippen molar-refractivity contribution in [3.05, 3.63) is 70.9 Å². The predicted octanol–water partition coefficient (Wildman–Crippen LogP) is 4.21. The number of allylic oxidation sites excluding steroid dienone is 1. The van der Waals surface area contributed by atoms with Crippen molar-refractivity contribution in [2.24, 2.45) is 0 Å². The number of hydrogen-bond acceptors (Lipinski definition) is 3. The number of thiophene rings is 1. The molecule has 0 atom stereocenters. The van der Waals surface area contributed by atoms with Gasteiger partial charge in [-0.2, -0.15) is 0 Å². The van der Waals surface area contributed by atoms with Crippen LogP contribution in [0.3, 0.4) is 0 Å². The summed E-state index contributed by atoms with van der Waals surface area (Å²) in [6.07, 6.45) is 5.10. The monoisotopic (exact) mass is 270 g/mol. The highest BCUT2D eigenvalue weighted by atomic mass is 32.1. The largest absolute Gasteiger partial charge is 0.490 e. The molecule has 19 heavy (non-hydrogen) atoms. The Morgan fingerprint density at radius 1 is 1.26 bits per heavy atom. The van der Waals surface area contributed by atoms with E-state index in [1.165, 1.54) is 11.3 Å². The van der Waals surface area contributed by atoms with Gasteiger partial charge in [0.15, 0.2) is 5.78 Å². The summed E-state index contributed by atoms with van der Waals surface area (Å²) in [5.41, 5.74) is 0.968. The predicted molar refractivity (Wildman–Crippen MR) is 79.8 cm³/mol. The van der Waals surface area contributed by atoms with Gasteiger partial charge < -0.3 is 4.74 Å². The van der Waals surface area contributed by atoms with Gasteiger partial charge in [-0.15, -0.1) is 11.3 Å². The molecule has 2 rings (SSSR count). The third-order valence-electron chi connectivity index (χ3n) is 2.44. The van der Waals surface area contributed by atoms with Crippen LogP contribution >= 0.6 is 11.3 Å². The Morgan fingerprint density at radius 3 is 2.68 bits per heavy atom. The molecule has 0 saturated carbocycles. The summed E-state index contributed by atoms with van der Waals surface area (Å²) in [6, 6.07) is 11.3. The zero-order valence-corrected chi connectivity index (χ0v) is 11.2. The van der Waals surface area contributed by atoms with Crippen molar-refractivity contribution in [1.82, 2.24) is 0 Å². The van der Waals surface area contributed by atoms with Crippen LogP contribution < -0.4 is 4.74 Å². The van der Waals surface area contributed by atoms with Crippen LogP contribution in [0.15, 0.2) is 60.5 Å². The van der Waals surface area contributed by atoms with Crippen LogP contribution in [0.2, 0.25) is 0 Å². The van der Waals surface area contributed by atoms with Gasteiger partial charge in [-0.25, -0.2) is 0 Å². The lowest BCUT2D eigenvalue weighted by molar-refractivity contribution is 0.105. The van der Waals surface area contributed by atoms with Gasteiger partial charge in [0.05, 0.1) is 4.88 Å². The summed E-state index contributed by atoms with van der Waals surface area (Å²) in [7, 11) is 0.